The fourth-order valence-electron chi connectivity index (χ4n) is 6.32. The fourth-order valence-corrected chi connectivity index (χ4v) is 6.32. The highest BCUT2D eigenvalue weighted by Crippen LogP contribution is 2.46. The van der Waals surface area contributed by atoms with Gasteiger partial charge in [-0.2, -0.15) is 0 Å². The number of hydrogen-bond donors (Lipinski definition) is 1. The molecule has 0 bridgehead atoms. The quantitative estimate of drug-likeness (QED) is 0.527. The van der Waals surface area contributed by atoms with Gasteiger partial charge in [0.25, 0.3) is 0 Å². The molecule has 1 aliphatic carbocycles. The van der Waals surface area contributed by atoms with Crippen molar-refractivity contribution in [2.45, 2.75) is 69.6 Å². The lowest BCUT2D eigenvalue weighted by Gasteiger charge is -2.34. The van der Waals surface area contributed by atoms with Crippen LogP contribution < -0.4 is 0 Å². The zero-order chi connectivity index (χ0) is 26.6. The molecule has 5 rings (SSSR count). The Bertz CT molecular complexity index is 1190. The normalized spacial score (nSPS) is 26.5. The van der Waals surface area contributed by atoms with Crippen LogP contribution in [0.5, 0.6) is 0 Å². The van der Waals surface area contributed by atoms with Crippen LogP contribution in [0.3, 0.4) is 0 Å². The summed E-state index contributed by atoms with van der Waals surface area (Å²) in [6.45, 7) is 8.04. The molecule has 1 N–H and O–H groups in total. The third-order valence-electron chi connectivity index (χ3n) is 8.17. The first-order valence-corrected chi connectivity index (χ1v) is 13.5. The van der Waals surface area contributed by atoms with Crippen molar-refractivity contribution >= 4 is 22.8 Å². The molecule has 2 aliphatic heterocycles. The molecule has 2 unspecified atom stereocenters. The van der Waals surface area contributed by atoms with Crippen molar-refractivity contribution in [1.82, 2.24) is 9.47 Å². The lowest BCUT2D eigenvalue weighted by molar-refractivity contribution is -0.0576. The number of rotatable bonds is 5. The second-order valence-corrected chi connectivity index (χ2v) is 10.7. The number of ether oxygens (including phenoxy) is 2. The molecule has 1 aromatic heterocycles. The molecular formula is C31H42N2O4. The van der Waals surface area contributed by atoms with Gasteiger partial charge in [-0.15, -0.1) is 0 Å². The second kappa shape index (κ2) is 11.8. The predicted octanol–water partition coefficient (Wildman–Crippen LogP) is 5.70. The topological polar surface area (TPSA) is 63.9 Å². The van der Waals surface area contributed by atoms with E-state index in [9.17, 15) is 4.79 Å². The molecule has 37 heavy (non-hydrogen) atoms. The van der Waals surface area contributed by atoms with Gasteiger partial charge in [0.05, 0.1) is 18.8 Å². The Morgan fingerprint density at radius 3 is 2.57 bits per heavy atom. The van der Waals surface area contributed by atoms with Crippen molar-refractivity contribution in [3.63, 3.8) is 0 Å². The Kier molecular flexibility index (Phi) is 8.73. The van der Waals surface area contributed by atoms with E-state index in [1.165, 1.54) is 48.7 Å². The lowest BCUT2D eigenvalue weighted by atomic mass is 9.81. The summed E-state index contributed by atoms with van der Waals surface area (Å²) < 4.78 is 15.5. The van der Waals surface area contributed by atoms with E-state index >= 15 is 0 Å². The maximum Gasteiger partial charge on any atom is 0.150 e. The van der Waals surface area contributed by atoms with E-state index in [2.05, 4.69) is 54.4 Å². The van der Waals surface area contributed by atoms with Crippen molar-refractivity contribution in [2.24, 2.45) is 0 Å². The molecule has 1 saturated heterocycles. The molecule has 1 aromatic carbocycles. The number of carbonyl (C=O) groups excluding carboxylic acids is 1. The summed E-state index contributed by atoms with van der Waals surface area (Å²) in [5.74, 6) is 1.29. The molecule has 2 atom stereocenters. The van der Waals surface area contributed by atoms with Crippen molar-refractivity contribution in [3.05, 3.63) is 65.6 Å². The van der Waals surface area contributed by atoms with Gasteiger partial charge >= 0.3 is 0 Å². The number of aromatic nitrogens is 1. The summed E-state index contributed by atoms with van der Waals surface area (Å²) in [4.78, 5) is 14.0. The van der Waals surface area contributed by atoms with Crippen molar-refractivity contribution in [3.8, 4) is 0 Å². The Labute approximate surface area is 221 Å². The highest BCUT2D eigenvalue weighted by molar-refractivity contribution is 5.96. The number of aliphatic hydroxyl groups excluding tert-OH is 1. The molecule has 3 heterocycles. The summed E-state index contributed by atoms with van der Waals surface area (Å²) in [6.07, 6.45) is 14.1. The summed E-state index contributed by atoms with van der Waals surface area (Å²) in [5, 5.41) is 8.25. The standard InChI is InChI=1S/C30H38N2O3.CH4O/c1-5-10-25-27(6-2)34-20-30(16-23(18-35-30)31(3)4)19-32-26-15-21(17-33)13-14-24(26)28(29(25)32)22-11-8-7-9-12-22;1-2/h5-6,10,13-15,17,22-23H,2,7-9,11-12,16,18-20H2,1,3-4H3;2H,1H3/b10-5-,27-25-;. The monoisotopic (exact) mass is 506 g/mol. The van der Waals surface area contributed by atoms with Crippen LogP contribution in [-0.4, -0.2) is 66.9 Å². The Morgan fingerprint density at radius 2 is 1.95 bits per heavy atom. The molecule has 3 aliphatic rings. The smallest absolute Gasteiger partial charge is 0.150 e. The molecular weight excluding hydrogens is 464 g/mol. The first-order chi connectivity index (χ1) is 18.0. The van der Waals surface area contributed by atoms with E-state index < -0.39 is 5.60 Å². The van der Waals surface area contributed by atoms with Crippen LogP contribution in [0.4, 0.5) is 0 Å². The summed E-state index contributed by atoms with van der Waals surface area (Å²) >= 11 is 0. The van der Waals surface area contributed by atoms with E-state index in [0.29, 0.717) is 37.3 Å². The number of aldehydes is 1. The minimum absolute atomic E-state index is 0.345. The molecule has 0 radical (unpaired) electrons. The zero-order valence-electron chi connectivity index (χ0n) is 22.8. The number of benzene rings is 1. The zero-order valence-corrected chi connectivity index (χ0v) is 22.8. The Balaban J connectivity index is 0.00000156. The van der Waals surface area contributed by atoms with Gasteiger partial charge in [-0.25, -0.2) is 0 Å². The van der Waals surface area contributed by atoms with Gasteiger partial charge in [0, 0.05) is 35.2 Å². The number of likely N-dealkylation sites (N-methyl/N-ethyl adjacent to an activating group) is 1. The third kappa shape index (κ3) is 5.20. The number of allylic oxidation sites excluding steroid dienone is 4. The van der Waals surface area contributed by atoms with Gasteiger partial charge in [0.2, 0.25) is 0 Å². The van der Waals surface area contributed by atoms with Crippen molar-refractivity contribution < 1.29 is 19.4 Å². The summed E-state index contributed by atoms with van der Waals surface area (Å²) in [5.41, 5.74) is 5.07. The van der Waals surface area contributed by atoms with Crippen LogP contribution in [0.1, 0.15) is 73.0 Å². The number of carbonyl (C=O) groups is 1. The maximum atomic E-state index is 11.8. The van der Waals surface area contributed by atoms with Crippen LogP contribution in [0.2, 0.25) is 0 Å². The van der Waals surface area contributed by atoms with Crippen molar-refractivity contribution in [1.29, 1.82) is 0 Å². The predicted molar refractivity (Wildman–Crippen MR) is 150 cm³/mol. The fraction of sp³-hybridized carbons (Fsp3) is 0.516. The molecule has 1 spiro atoms. The van der Waals surface area contributed by atoms with Gasteiger partial charge < -0.3 is 24.0 Å². The van der Waals surface area contributed by atoms with Gasteiger partial charge in [0.15, 0.2) is 0 Å². The molecule has 1 saturated carbocycles. The number of aliphatic hydroxyl groups is 1. The molecule has 6 heteroatoms. The molecule has 2 aromatic rings. The van der Waals surface area contributed by atoms with Gasteiger partial charge in [-0.05, 0) is 63.9 Å². The van der Waals surface area contributed by atoms with E-state index in [0.717, 1.165) is 36.7 Å². The molecule has 0 amide bonds. The molecule has 6 nitrogen and oxygen atoms in total. The first kappa shape index (κ1) is 27.4. The minimum atomic E-state index is -0.438. The largest absolute Gasteiger partial charge is 0.490 e. The van der Waals surface area contributed by atoms with Crippen LogP contribution >= 0.6 is 0 Å². The van der Waals surface area contributed by atoms with E-state index in [1.807, 2.05) is 19.1 Å². The highest BCUT2D eigenvalue weighted by Gasteiger charge is 2.45. The molecule has 2 fully saturated rings. The van der Waals surface area contributed by atoms with E-state index in [4.69, 9.17) is 14.6 Å². The van der Waals surface area contributed by atoms with Crippen molar-refractivity contribution in [2.75, 3.05) is 34.4 Å². The third-order valence-corrected chi connectivity index (χ3v) is 8.17. The van der Waals surface area contributed by atoms with Gasteiger partial charge in [-0.1, -0.05) is 50.1 Å². The van der Waals surface area contributed by atoms with E-state index in [-0.39, 0.29) is 0 Å². The second-order valence-electron chi connectivity index (χ2n) is 10.7. The SMILES string of the molecule is C=C/C1=C(\C=C/C)c2c(C3CCCCC3)c3ccc(C=O)cc3n2CC2(CO1)CC(N(C)C)CO2.CO. The Hall–Kier alpha value is -2.67. The number of nitrogens with zero attached hydrogens (tertiary/aromatic N) is 2. The molecule has 200 valence electrons. The number of hydrogen-bond acceptors (Lipinski definition) is 5. The number of fused-ring (bicyclic) bond motifs is 3. The average Bonchev–Trinajstić information content (AvgIpc) is 3.49. The van der Waals surface area contributed by atoms with Crippen LogP contribution in [-0.2, 0) is 16.0 Å². The maximum absolute atomic E-state index is 11.8. The van der Waals surface area contributed by atoms with Crippen LogP contribution in [0, 0.1) is 0 Å². The Morgan fingerprint density at radius 1 is 1.19 bits per heavy atom. The lowest BCUT2D eigenvalue weighted by Crippen LogP contribution is -2.41. The van der Waals surface area contributed by atoms with E-state index in [1.54, 1.807) is 0 Å². The van der Waals surface area contributed by atoms with Gasteiger partial charge in [-0.3, -0.25) is 4.79 Å². The van der Waals surface area contributed by atoms with Crippen LogP contribution in [0.15, 0.2) is 48.8 Å². The first-order valence-electron chi connectivity index (χ1n) is 13.5. The van der Waals surface area contributed by atoms with Gasteiger partial charge in [0.1, 0.15) is 24.3 Å². The highest BCUT2D eigenvalue weighted by atomic mass is 16.5. The summed E-state index contributed by atoms with van der Waals surface area (Å²) in [6, 6.07) is 6.53. The minimum Gasteiger partial charge on any atom is -0.490 e. The van der Waals surface area contributed by atoms with Crippen LogP contribution in [0.25, 0.3) is 16.5 Å². The average molecular weight is 507 g/mol. The summed E-state index contributed by atoms with van der Waals surface area (Å²) in [7, 11) is 5.23.